The number of hydrogen-bond acceptors (Lipinski definition) is 3. The molecule has 0 N–H and O–H groups in total. The Morgan fingerprint density at radius 1 is 0.625 bits per heavy atom. The number of hydrogen-bond donors (Lipinski definition) is 0. The number of nitrogens with zero attached hydrogens (tertiary/aromatic N) is 2. The summed E-state index contributed by atoms with van der Waals surface area (Å²) in [7, 11) is 0. The van der Waals surface area contributed by atoms with Crippen LogP contribution in [0.4, 0.5) is 33.4 Å². The Labute approximate surface area is 386 Å². The summed E-state index contributed by atoms with van der Waals surface area (Å²) in [6.45, 7) is 24.3. The van der Waals surface area contributed by atoms with Gasteiger partial charge in [-0.25, -0.2) is 0 Å². The summed E-state index contributed by atoms with van der Waals surface area (Å²) in [5.41, 5.74) is 19.1. The zero-order valence-electron chi connectivity index (χ0n) is 39.5. The van der Waals surface area contributed by atoms with Gasteiger partial charge in [-0.05, 0) is 151 Å². The summed E-state index contributed by atoms with van der Waals surface area (Å²) in [5, 5.41) is 5.25. The van der Waals surface area contributed by atoms with Gasteiger partial charge in [0.05, 0.1) is 5.00 Å². The third-order valence-corrected chi connectivity index (χ3v) is 16.4. The van der Waals surface area contributed by atoms with Crippen molar-refractivity contribution in [3.05, 3.63) is 173 Å². The van der Waals surface area contributed by atoms with Crippen molar-refractivity contribution >= 4 is 88.7 Å². The van der Waals surface area contributed by atoms with Gasteiger partial charge >= 0.3 is 0 Å². The minimum Gasteiger partial charge on any atom is -0.310 e. The Bertz CT molecular complexity index is 3140. The lowest BCUT2D eigenvalue weighted by molar-refractivity contribution is 0.403. The molecule has 7 aromatic carbocycles. The topological polar surface area (TPSA) is 6.48 Å². The van der Waals surface area contributed by atoms with Gasteiger partial charge in [0.2, 0.25) is 6.71 Å². The molecule has 3 aliphatic rings. The van der Waals surface area contributed by atoms with E-state index in [0.29, 0.717) is 0 Å². The first-order chi connectivity index (χ1) is 30.5. The van der Waals surface area contributed by atoms with Gasteiger partial charge in [0.15, 0.2) is 0 Å². The number of unbranched alkanes of at least 4 members (excludes halogenated alkanes) is 1. The molecule has 1 aliphatic carbocycles. The van der Waals surface area contributed by atoms with Gasteiger partial charge in [0.25, 0.3) is 0 Å². The van der Waals surface area contributed by atoms with Crippen LogP contribution in [0.2, 0.25) is 0 Å². The van der Waals surface area contributed by atoms with Crippen LogP contribution >= 0.6 is 11.3 Å². The van der Waals surface area contributed by atoms with Crippen molar-refractivity contribution in [1.29, 1.82) is 0 Å². The first-order valence-corrected chi connectivity index (χ1v) is 24.5. The first-order valence-electron chi connectivity index (χ1n) is 23.7. The Hall–Kier alpha value is -5.58. The molecule has 8 aromatic rings. The Balaban J connectivity index is 1.26. The van der Waals surface area contributed by atoms with E-state index in [1.54, 1.807) is 0 Å². The fourth-order valence-electron chi connectivity index (χ4n) is 12.1. The smallest absolute Gasteiger partial charge is 0.249 e. The van der Waals surface area contributed by atoms with E-state index < -0.39 is 0 Å². The predicted molar refractivity (Wildman–Crippen MR) is 280 cm³/mol. The zero-order valence-corrected chi connectivity index (χ0v) is 40.3. The third kappa shape index (κ3) is 6.33. The van der Waals surface area contributed by atoms with Crippen LogP contribution in [0.25, 0.3) is 20.9 Å². The lowest BCUT2D eigenvalue weighted by Crippen LogP contribution is -2.64. The highest BCUT2D eigenvalue weighted by Gasteiger charge is 2.51. The van der Waals surface area contributed by atoms with E-state index >= 15 is 0 Å². The fraction of sp³-hybridized carbons (Fsp3) is 0.300. The van der Waals surface area contributed by atoms with Crippen LogP contribution in [0, 0.1) is 0 Å². The molecule has 4 heteroatoms. The largest absolute Gasteiger partial charge is 0.310 e. The normalized spacial score (nSPS) is 16.4. The van der Waals surface area contributed by atoms with E-state index in [4.69, 9.17) is 0 Å². The number of thiophene rings is 1. The minimum absolute atomic E-state index is 0.0502. The third-order valence-electron chi connectivity index (χ3n) is 15.2. The van der Waals surface area contributed by atoms with Crippen molar-refractivity contribution in [1.82, 2.24) is 0 Å². The van der Waals surface area contributed by atoms with Gasteiger partial charge in [-0.3, -0.25) is 0 Å². The summed E-state index contributed by atoms with van der Waals surface area (Å²) in [4.78, 5) is 5.15. The molecule has 0 fully saturated rings. The van der Waals surface area contributed by atoms with Crippen molar-refractivity contribution in [3.8, 4) is 0 Å². The molecular weight excluding hydrogens is 792 g/mol. The lowest BCUT2D eigenvalue weighted by Gasteiger charge is -2.46. The molecule has 3 heterocycles. The molecule has 0 radical (unpaired) electrons. The monoisotopic (exact) mass is 852 g/mol. The molecular formula is C60H61BN2S. The summed E-state index contributed by atoms with van der Waals surface area (Å²) >= 11 is 1.98. The van der Waals surface area contributed by atoms with Crippen LogP contribution in [0.5, 0.6) is 0 Å². The van der Waals surface area contributed by atoms with E-state index in [1.165, 1.54) is 106 Å². The van der Waals surface area contributed by atoms with Crippen LogP contribution in [0.15, 0.2) is 140 Å². The molecule has 320 valence electrons. The SMILES string of the molecule is CCCCc1ccc2sc3c(c2c1)B1c2cc4c(cc2C(C)(C)c2cc(N(c5ccccc5)c5ccc6ccccc6c5)cc(c21)N3c1ccc(C(C)(C)C)cc1)C(C)(C)CC4(C)C. The number of fused-ring (bicyclic) bond motifs is 8. The van der Waals surface area contributed by atoms with E-state index in [1.807, 2.05) is 11.3 Å². The predicted octanol–water partition coefficient (Wildman–Crippen LogP) is 15.1. The summed E-state index contributed by atoms with van der Waals surface area (Å²) in [5.74, 6) is 0. The average molecular weight is 853 g/mol. The first kappa shape index (κ1) is 41.2. The Kier molecular flexibility index (Phi) is 9.30. The molecule has 0 saturated heterocycles. The van der Waals surface area contributed by atoms with Crippen molar-refractivity contribution in [3.63, 3.8) is 0 Å². The van der Waals surface area contributed by atoms with Crippen molar-refractivity contribution in [2.45, 2.75) is 117 Å². The van der Waals surface area contributed by atoms with Gasteiger partial charge in [-0.2, -0.15) is 0 Å². The van der Waals surface area contributed by atoms with Crippen molar-refractivity contribution in [2.24, 2.45) is 0 Å². The van der Waals surface area contributed by atoms with E-state index in [9.17, 15) is 0 Å². The maximum atomic E-state index is 2.69. The van der Waals surface area contributed by atoms with Gasteiger partial charge in [0, 0.05) is 38.6 Å². The quantitative estimate of drug-likeness (QED) is 0.147. The molecule has 0 bridgehead atoms. The number of aryl methyl sites for hydroxylation is 1. The molecule has 0 saturated carbocycles. The number of rotatable bonds is 7. The molecule has 0 unspecified atom stereocenters. The number of anilines is 6. The molecule has 0 atom stereocenters. The lowest BCUT2D eigenvalue weighted by atomic mass is 9.30. The van der Waals surface area contributed by atoms with Gasteiger partial charge in [0.1, 0.15) is 0 Å². The maximum Gasteiger partial charge on any atom is 0.249 e. The van der Waals surface area contributed by atoms with E-state index in [0.717, 1.165) is 24.2 Å². The zero-order chi connectivity index (χ0) is 44.5. The van der Waals surface area contributed by atoms with E-state index in [-0.39, 0.29) is 28.4 Å². The Morgan fingerprint density at radius 3 is 2.05 bits per heavy atom. The van der Waals surface area contributed by atoms with Gasteiger partial charge < -0.3 is 9.80 Å². The van der Waals surface area contributed by atoms with Gasteiger partial charge in [-0.1, -0.05) is 166 Å². The van der Waals surface area contributed by atoms with Crippen LogP contribution in [0.3, 0.4) is 0 Å². The maximum absolute atomic E-state index is 2.69. The molecule has 64 heavy (non-hydrogen) atoms. The molecule has 2 aliphatic heterocycles. The number of benzene rings is 7. The molecule has 11 rings (SSSR count). The van der Waals surface area contributed by atoms with Crippen LogP contribution < -0.4 is 26.2 Å². The highest BCUT2D eigenvalue weighted by Crippen LogP contribution is 2.53. The molecule has 1 aromatic heterocycles. The second-order valence-corrected chi connectivity index (χ2v) is 23.0. The van der Waals surface area contributed by atoms with Crippen LogP contribution in [-0.4, -0.2) is 6.71 Å². The molecule has 0 amide bonds. The fourth-order valence-corrected chi connectivity index (χ4v) is 13.4. The number of para-hydroxylation sites is 1. The Morgan fingerprint density at radius 2 is 1.33 bits per heavy atom. The second kappa shape index (κ2) is 14.5. The van der Waals surface area contributed by atoms with Gasteiger partial charge in [-0.15, -0.1) is 11.3 Å². The van der Waals surface area contributed by atoms with Crippen LogP contribution in [-0.2, 0) is 28.1 Å². The van der Waals surface area contributed by atoms with Crippen molar-refractivity contribution in [2.75, 3.05) is 9.80 Å². The molecule has 0 spiro atoms. The van der Waals surface area contributed by atoms with E-state index in [2.05, 4.69) is 219 Å². The average Bonchev–Trinajstić information content (AvgIpc) is 3.73. The summed E-state index contributed by atoms with van der Waals surface area (Å²) in [6, 6.07) is 54.1. The van der Waals surface area contributed by atoms with Crippen LogP contribution in [0.1, 0.15) is 122 Å². The summed E-state index contributed by atoms with van der Waals surface area (Å²) < 4.78 is 1.37. The minimum atomic E-state index is -0.285. The standard InChI is InChI=1S/C60H61BN2S/c1-11-12-18-38-23-30-53-46(31-38)54-56(64-53)63(43-28-25-41(26-29-43)57(2,3)4)52-34-45(62(42-21-14-13-15-22-42)44-27-24-39-19-16-17-20-40(39)32-44)33-50-55(52)61(54)51-36-48-47(35-49(51)60(50,9)10)58(5,6)37-59(48,7)8/h13-17,19-36H,11-12,18,37H2,1-10H3. The highest BCUT2D eigenvalue weighted by molar-refractivity contribution is 7.26. The van der Waals surface area contributed by atoms with Crippen molar-refractivity contribution < 1.29 is 0 Å². The molecule has 2 nitrogen and oxygen atoms in total. The second-order valence-electron chi connectivity index (χ2n) is 22.0. The highest BCUT2D eigenvalue weighted by atomic mass is 32.1. The summed E-state index contributed by atoms with van der Waals surface area (Å²) in [6.07, 6.45) is 4.65.